The first kappa shape index (κ1) is 15.7. The molecule has 0 unspecified atom stereocenters. The molecule has 0 amide bonds. The molecule has 0 saturated carbocycles. The van der Waals surface area contributed by atoms with Crippen LogP contribution >= 0.6 is 0 Å². The van der Waals surface area contributed by atoms with E-state index in [0.717, 1.165) is 0 Å². The van der Waals surface area contributed by atoms with Crippen molar-refractivity contribution >= 4 is 21.4 Å². The van der Waals surface area contributed by atoms with Gasteiger partial charge in [-0.1, -0.05) is 13.8 Å². The van der Waals surface area contributed by atoms with Crippen LogP contribution in [0.15, 0.2) is 23.1 Å². The van der Waals surface area contributed by atoms with Gasteiger partial charge in [0, 0.05) is 5.69 Å². The van der Waals surface area contributed by atoms with Gasteiger partial charge in [0.2, 0.25) is 10.0 Å². The molecule has 108 valence electrons. The van der Waals surface area contributed by atoms with Crippen LogP contribution in [-0.4, -0.2) is 33.2 Å². The highest BCUT2D eigenvalue weighted by Gasteiger charge is 2.17. The van der Waals surface area contributed by atoms with Crippen molar-refractivity contribution in [2.45, 2.75) is 24.8 Å². The standard InChI is InChI=1S/C12H21N3O3S/c1-8(2)11(7-16)15-9-4-5-12(10(13)6-9)19(17,18)14-3/h4-6,8,11,14-16H,7,13H2,1-3H3/t11-/m1/s1. The molecule has 0 aliphatic heterocycles. The Bertz CT molecular complexity index is 529. The first-order chi connectivity index (χ1) is 8.81. The van der Waals surface area contributed by atoms with Crippen molar-refractivity contribution in [3.63, 3.8) is 0 Å². The van der Waals surface area contributed by atoms with E-state index < -0.39 is 10.0 Å². The van der Waals surface area contributed by atoms with Crippen molar-refractivity contribution in [1.82, 2.24) is 4.72 Å². The van der Waals surface area contributed by atoms with Crippen LogP contribution in [0.1, 0.15) is 13.8 Å². The third-order valence-electron chi connectivity index (χ3n) is 2.92. The minimum Gasteiger partial charge on any atom is -0.398 e. The Hall–Kier alpha value is -1.31. The van der Waals surface area contributed by atoms with Gasteiger partial charge in [0.05, 0.1) is 18.3 Å². The van der Waals surface area contributed by atoms with Gasteiger partial charge in [0.1, 0.15) is 4.90 Å². The van der Waals surface area contributed by atoms with Crippen LogP contribution in [0, 0.1) is 5.92 Å². The number of nitrogens with one attached hydrogen (secondary N) is 2. The zero-order valence-corrected chi connectivity index (χ0v) is 12.2. The lowest BCUT2D eigenvalue weighted by Crippen LogP contribution is -2.29. The number of aliphatic hydroxyl groups is 1. The number of benzene rings is 1. The Morgan fingerprint density at radius 2 is 2.00 bits per heavy atom. The average molecular weight is 287 g/mol. The van der Waals surface area contributed by atoms with Gasteiger partial charge in [-0.25, -0.2) is 13.1 Å². The zero-order valence-electron chi connectivity index (χ0n) is 11.3. The molecule has 1 aromatic rings. The van der Waals surface area contributed by atoms with Crippen LogP contribution in [0.2, 0.25) is 0 Å². The molecular formula is C12H21N3O3S. The lowest BCUT2D eigenvalue weighted by Gasteiger charge is -2.21. The molecule has 1 aromatic carbocycles. The predicted octanol–water partition coefficient (Wildman–Crippen LogP) is 0.606. The Balaban J connectivity index is 3.01. The molecule has 0 aliphatic rings. The third-order valence-corrected chi connectivity index (χ3v) is 4.41. The van der Waals surface area contributed by atoms with Gasteiger partial charge < -0.3 is 16.2 Å². The molecule has 0 fully saturated rings. The molecule has 0 aromatic heterocycles. The summed E-state index contributed by atoms with van der Waals surface area (Å²) in [6, 6.07) is 4.52. The molecule has 0 aliphatic carbocycles. The molecule has 1 rings (SSSR count). The number of hydrogen-bond donors (Lipinski definition) is 4. The number of nitrogen functional groups attached to an aromatic ring is 1. The van der Waals surface area contributed by atoms with Crippen molar-refractivity contribution in [2.24, 2.45) is 5.92 Å². The van der Waals surface area contributed by atoms with Crippen molar-refractivity contribution in [2.75, 3.05) is 24.7 Å². The Morgan fingerprint density at radius 1 is 1.37 bits per heavy atom. The predicted molar refractivity (Wildman–Crippen MR) is 76.4 cm³/mol. The van der Waals surface area contributed by atoms with Crippen molar-refractivity contribution in [1.29, 1.82) is 0 Å². The highest BCUT2D eigenvalue weighted by Crippen LogP contribution is 2.23. The smallest absolute Gasteiger partial charge is 0.242 e. The van der Waals surface area contributed by atoms with Gasteiger partial charge in [-0.2, -0.15) is 0 Å². The van der Waals surface area contributed by atoms with Gasteiger partial charge in [0.25, 0.3) is 0 Å². The molecule has 7 heteroatoms. The van der Waals surface area contributed by atoms with Crippen LogP contribution < -0.4 is 15.8 Å². The Morgan fingerprint density at radius 3 is 2.42 bits per heavy atom. The van der Waals surface area contributed by atoms with E-state index in [1.807, 2.05) is 13.8 Å². The maximum atomic E-state index is 11.7. The van der Waals surface area contributed by atoms with Crippen molar-refractivity contribution in [3.8, 4) is 0 Å². The number of rotatable bonds is 6. The van der Waals surface area contributed by atoms with Crippen molar-refractivity contribution < 1.29 is 13.5 Å². The largest absolute Gasteiger partial charge is 0.398 e. The van der Waals surface area contributed by atoms with E-state index in [1.165, 1.54) is 13.1 Å². The maximum Gasteiger partial charge on any atom is 0.242 e. The molecular weight excluding hydrogens is 266 g/mol. The topological polar surface area (TPSA) is 104 Å². The summed E-state index contributed by atoms with van der Waals surface area (Å²) in [5.41, 5.74) is 6.60. The van der Waals surface area contributed by atoms with Crippen molar-refractivity contribution in [3.05, 3.63) is 18.2 Å². The second kappa shape index (κ2) is 6.23. The molecule has 5 N–H and O–H groups in total. The van der Waals surface area contributed by atoms with E-state index in [2.05, 4.69) is 10.0 Å². The summed E-state index contributed by atoms with van der Waals surface area (Å²) in [4.78, 5) is 0.0469. The highest BCUT2D eigenvalue weighted by molar-refractivity contribution is 7.89. The van der Waals surface area contributed by atoms with E-state index in [9.17, 15) is 13.5 Å². The van der Waals surface area contributed by atoms with Gasteiger partial charge in [-0.3, -0.25) is 0 Å². The molecule has 0 radical (unpaired) electrons. The number of aliphatic hydroxyl groups excluding tert-OH is 1. The normalized spacial score (nSPS) is 13.5. The fourth-order valence-electron chi connectivity index (χ4n) is 1.63. The lowest BCUT2D eigenvalue weighted by molar-refractivity contribution is 0.249. The highest BCUT2D eigenvalue weighted by atomic mass is 32.2. The van der Waals surface area contributed by atoms with Crippen LogP contribution in [0.3, 0.4) is 0 Å². The molecule has 0 spiro atoms. The van der Waals surface area contributed by atoms with E-state index >= 15 is 0 Å². The summed E-state index contributed by atoms with van der Waals surface area (Å²) < 4.78 is 25.6. The zero-order chi connectivity index (χ0) is 14.6. The summed E-state index contributed by atoms with van der Waals surface area (Å²) in [5, 5.41) is 12.4. The number of nitrogens with two attached hydrogens (primary N) is 1. The molecule has 0 heterocycles. The number of anilines is 2. The van der Waals surface area contributed by atoms with Crippen LogP contribution in [0.5, 0.6) is 0 Å². The number of sulfonamides is 1. The minimum atomic E-state index is -3.55. The van der Waals surface area contributed by atoms with Crippen LogP contribution in [0.25, 0.3) is 0 Å². The fourth-order valence-corrected chi connectivity index (χ4v) is 2.47. The SMILES string of the molecule is CNS(=O)(=O)c1ccc(N[C@H](CO)C(C)C)cc1N. The van der Waals surface area contributed by atoms with Gasteiger partial charge in [-0.05, 0) is 31.2 Å². The Labute approximate surface area is 114 Å². The molecule has 0 bridgehead atoms. The van der Waals surface area contributed by atoms with E-state index in [1.54, 1.807) is 12.1 Å². The van der Waals surface area contributed by atoms with E-state index in [-0.39, 0.29) is 29.1 Å². The second-order valence-corrected chi connectivity index (χ2v) is 6.49. The summed E-state index contributed by atoms with van der Waals surface area (Å²) in [5.74, 6) is 0.243. The molecule has 6 nitrogen and oxygen atoms in total. The lowest BCUT2D eigenvalue weighted by atomic mass is 10.1. The van der Waals surface area contributed by atoms with E-state index in [0.29, 0.717) is 5.69 Å². The summed E-state index contributed by atoms with van der Waals surface area (Å²) >= 11 is 0. The summed E-state index contributed by atoms with van der Waals surface area (Å²) in [7, 11) is -2.21. The first-order valence-electron chi connectivity index (χ1n) is 6.02. The second-order valence-electron chi connectivity index (χ2n) is 4.64. The molecule has 19 heavy (non-hydrogen) atoms. The monoisotopic (exact) mass is 287 g/mol. The maximum absolute atomic E-state index is 11.7. The van der Waals surface area contributed by atoms with Crippen LogP contribution in [-0.2, 0) is 10.0 Å². The number of hydrogen-bond acceptors (Lipinski definition) is 5. The first-order valence-corrected chi connectivity index (χ1v) is 7.50. The van der Waals surface area contributed by atoms with Crippen LogP contribution in [0.4, 0.5) is 11.4 Å². The van der Waals surface area contributed by atoms with Gasteiger partial charge >= 0.3 is 0 Å². The summed E-state index contributed by atoms with van der Waals surface area (Å²) in [6.45, 7) is 3.96. The Kier molecular flexibility index (Phi) is 5.16. The third kappa shape index (κ3) is 3.82. The molecule has 1 atom stereocenters. The minimum absolute atomic E-state index is 0.00582. The van der Waals surface area contributed by atoms with E-state index in [4.69, 9.17) is 5.73 Å². The quantitative estimate of drug-likeness (QED) is 0.574. The van der Waals surface area contributed by atoms with Gasteiger partial charge in [0.15, 0.2) is 0 Å². The van der Waals surface area contributed by atoms with Gasteiger partial charge in [-0.15, -0.1) is 0 Å². The average Bonchev–Trinajstić information content (AvgIpc) is 2.35. The summed E-state index contributed by atoms with van der Waals surface area (Å²) in [6.07, 6.45) is 0. The fraction of sp³-hybridized carbons (Fsp3) is 0.500. The molecule has 0 saturated heterocycles.